The molecule has 4 aromatic heterocycles. The molecule has 2 amide bonds. The van der Waals surface area contributed by atoms with Crippen LogP contribution in [0.5, 0.6) is 0 Å². The van der Waals surface area contributed by atoms with E-state index in [4.69, 9.17) is 2.82 Å². The van der Waals surface area contributed by atoms with E-state index in [1.807, 2.05) is 69.8 Å². The first-order valence-electron chi connectivity index (χ1n) is 18.3. The second-order valence-corrected chi connectivity index (χ2v) is 14.2. The number of nitrogens with two attached hydrogens (primary N) is 1. The van der Waals surface area contributed by atoms with Crippen LogP contribution in [-0.4, -0.2) is 111 Å². The number of ketones is 1. The predicted molar refractivity (Wildman–Crippen MR) is 220 cm³/mol. The number of ether oxygens (including phenoxy) is 1. The number of carbonyl (C=O) groups excluding carboxylic acids is 4. The van der Waals surface area contributed by atoms with E-state index < -0.39 is 5.97 Å². The maximum atomic E-state index is 12.2. The van der Waals surface area contributed by atoms with Gasteiger partial charge in [-0.2, -0.15) is 10.2 Å². The maximum Gasteiger partial charge on any atom is 0.325 e. The van der Waals surface area contributed by atoms with Gasteiger partial charge in [-0.1, -0.05) is 28.1 Å². The first-order valence-corrected chi connectivity index (χ1v) is 18.2. The zero-order valence-corrected chi connectivity index (χ0v) is 34.7. The fourth-order valence-corrected chi connectivity index (χ4v) is 5.83. The number of benzene rings is 2. The van der Waals surface area contributed by atoms with Crippen molar-refractivity contribution in [2.45, 2.75) is 34.6 Å². The molecule has 2 aromatic carbocycles. The third-order valence-corrected chi connectivity index (χ3v) is 8.77. The van der Waals surface area contributed by atoms with Crippen molar-refractivity contribution in [3.8, 4) is 22.5 Å². The van der Waals surface area contributed by atoms with E-state index in [0.29, 0.717) is 34.1 Å². The zero-order chi connectivity index (χ0) is 43.0. The summed E-state index contributed by atoms with van der Waals surface area (Å²) < 4.78 is 23.4. The number of nitrogens with zero attached hydrogens (tertiary/aromatic N) is 8. The van der Waals surface area contributed by atoms with Gasteiger partial charge in [0.1, 0.15) is 25.1 Å². The maximum absolute atomic E-state index is 12.2. The van der Waals surface area contributed by atoms with Gasteiger partial charge in [0.2, 0.25) is 0 Å². The number of fused-ring (bicyclic) bond motifs is 2. The normalized spacial score (nSPS) is 11.1. The minimum Gasteiger partial charge on any atom is -0.468 e. The molecule has 6 aromatic rings. The Hall–Kier alpha value is -6.00. The number of hydrogen-bond acceptors (Lipinski definition) is 11. The lowest BCUT2D eigenvalue weighted by Gasteiger charge is -2.10. The Bertz CT molecular complexity index is 2480. The molecular weight excluding hydrogens is 780 g/mol. The molecule has 0 saturated heterocycles. The highest BCUT2D eigenvalue weighted by atomic mass is 79.9. The van der Waals surface area contributed by atoms with Crippen molar-refractivity contribution in [1.82, 2.24) is 39.0 Å². The quantitative estimate of drug-likeness (QED) is 0.180. The van der Waals surface area contributed by atoms with Gasteiger partial charge in [-0.25, -0.2) is 19.0 Å². The van der Waals surface area contributed by atoms with Crippen molar-refractivity contribution in [3.63, 3.8) is 0 Å². The summed E-state index contributed by atoms with van der Waals surface area (Å²) in [5.74, 6) is -0.769. The molecule has 0 atom stereocenters. The first-order chi connectivity index (χ1) is 27.3. The molecule has 15 nitrogen and oxygen atoms in total. The summed E-state index contributed by atoms with van der Waals surface area (Å²) in [7, 11) is 8.10. The average Bonchev–Trinajstić information content (AvgIpc) is 3.80. The highest BCUT2D eigenvalue weighted by Gasteiger charge is 2.17. The van der Waals surface area contributed by atoms with Gasteiger partial charge < -0.3 is 25.6 Å². The van der Waals surface area contributed by atoms with Crippen LogP contribution in [-0.2, 0) is 14.3 Å². The molecule has 0 fully saturated rings. The summed E-state index contributed by atoms with van der Waals surface area (Å²) in [4.78, 5) is 57.5. The molecule has 0 unspecified atom stereocenters. The number of nitrogens with one attached hydrogen (secondary N) is 1. The lowest BCUT2D eigenvalue weighted by molar-refractivity contribution is -0.138. The Morgan fingerprint density at radius 2 is 1.27 bits per heavy atom. The number of aromatic nitrogens is 6. The van der Waals surface area contributed by atoms with E-state index in [1.54, 1.807) is 55.4 Å². The van der Waals surface area contributed by atoms with E-state index in [1.165, 1.54) is 23.8 Å². The number of esters is 1. The van der Waals surface area contributed by atoms with Crippen molar-refractivity contribution in [2.24, 2.45) is 5.73 Å². The number of Topliss-reactive ketones (excluding diaryl/α,β-unsaturated/α-hetero) is 1. The van der Waals surface area contributed by atoms with Crippen LogP contribution in [0.15, 0.2) is 65.1 Å². The number of anilines is 1. The number of carbonyl (C=O) groups is 4. The number of hydrogen-bond donors (Lipinski definition) is 2. The summed E-state index contributed by atoms with van der Waals surface area (Å²) in [6.07, 6.45) is 0. The fourth-order valence-electron chi connectivity index (χ4n) is 5.36. The van der Waals surface area contributed by atoms with Gasteiger partial charge in [-0.15, -0.1) is 0 Å². The molecule has 0 bridgehead atoms. The molecule has 0 radical (unpaired) electrons. The molecule has 3 N–H and O–H groups in total. The van der Waals surface area contributed by atoms with Crippen LogP contribution >= 0.6 is 15.9 Å². The summed E-state index contributed by atoms with van der Waals surface area (Å²) >= 11 is 3.47. The van der Waals surface area contributed by atoms with E-state index in [0.717, 1.165) is 49.1 Å². The molecular formula is C40H47BrN10O5. The largest absolute Gasteiger partial charge is 0.468 e. The second kappa shape index (κ2) is 18.6. The molecule has 4 heterocycles. The summed E-state index contributed by atoms with van der Waals surface area (Å²) in [6, 6.07) is 18.7. The Morgan fingerprint density at radius 1 is 0.786 bits per heavy atom. The monoisotopic (exact) mass is 828 g/mol. The Balaban J connectivity index is 0.000000229. The highest BCUT2D eigenvalue weighted by Crippen LogP contribution is 2.28. The number of aryl methyl sites for hydroxylation is 4. The zero-order valence-electron chi connectivity index (χ0n) is 35.1. The molecule has 0 saturated carbocycles. The molecule has 0 aliphatic rings. The minimum atomic E-state index is -0.480. The van der Waals surface area contributed by atoms with Gasteiger partial charge in [0.25, 0.3) is 11.8 Å². The van der Waals surface area contributed by atoms with Crippen molar-refractivity contribution in [2.75, 3.05) is 53.7 Å². The molecule has 56 heavy (non-hydrogen) atoms. The molecule has 0 spiro atoms. The second-order valence-electron chi connectivity index (χ2n) is 13.3. The molecule has 6 rings (SSSR count). The van der Waals surface area contributed by atoms with Gasteiger partial charge in [0.05, 0.1) is 25.0 Å². The van der Waals surface area contributed by atoms with Crippen LogP contribution in [0.25, 0.3) is 33.8 Å². The third kappa shape index (κ3) is 10.4. The average molecular weight is 830 g/mol. The van der Waals surface area contributed by atoms with Crippen LogP contribution < -0.4 is 11.0 Å². The Labute approximate surface area is 336 Å². The van der Waals surface area contributed by atoms with E-state index in [-0.39, 0.29) is 30.7 Å². The van der Waals surface area contributed by atoms with Crippen LogP contribution in [0.4, 0.5) is 5.69 Å². The van der Waals surface area contributed by atoms with Crippen molar-refractivity contribution < 1.29 is 26.7 Å². The third-order valence-electron chi connectivity index (χ3n) is 8.28. The van der Waals surface area contributed by atoms with Crippen molar-refractivity contribution in [3.05, 3.63) is 99.0 Å². The lowest BCUT2D eigenvalue weighted by Crippen LogP contribution is -2.23. The molecule has 16 heteroatoms. The Kier molecular flexibility index (Phi) is 13.2. The Morgan fingerprint density at radius 3 is 1.66 bits per heavy atom. The highest BCUT2D eigenvalue weighted by molar-refractivity contribution is 9.10. The van der Waals surface area contributed by atoms with Crippen LogP contribution in [0.2, 0.25) is 2.82 Å². The topological polar surface area (TPSA) is 182 Å². The SMILES string of the molecule is Cc1cc(Br)ccc1-c1cc2nc(C(=O)N(C)C)cc(C)n2n1.[2H]N(CC(=O)OC)c1ccc(-c2cc3nc(C(=O)N(C)C)cc(C)n3n2)c(C)c1.[2H]NCC(C)=O. The van der Waals surface area contributed by atoms with Crippen molar-refractivity contribution in [1.29, 1.82) is 0 Å². The number of rotatable bonds is 9. The van der Waals surface area contributed by atoms with Gasteiger partial charge >= 0.3 is 5.97 Å². The van der Waals surface area contributed by atoms with Crippen LogP contribution in [0, 0.1) is 27.7 Å². The van der Waals surface area contributed by atoms with Crippen molar-refractivity contribution >= 4 is 56.5 Å². The van der Waals surface area contributed by atoms with Gasteiger partial charge in [-0.3, -0.25) is 19.2 Å². The number of amides is 2. The molecule has 0 aliphatic heterocycles. The predicted octanol–water partition coefficient (Wildman–Crippen LogP) is 5.31. The van der Waals surface area contributed by atoms with E-state index in [9.17, 15) is 19.2 Å². The van der Waals surface area contributed by atoms with Gasteiger partial charge in [0.15, 0.2) is 12.7 Å². The standard InChI is InChI=1S/C20H23N5O3.C17H17BrN4O.C3H7NO/c1-12-8-14(21-11-19(26)28-5)6-7-15(12)16-10-18-22-17(20(27)24(3)4)9-13(2)25(18)23-16;1-10-7-12(18)5-6-13(10)14-9-16-19-15(17(23)21(3)4)8-11(2)22(16)20-14;1-3(5)2-4/h6-10,21H,11H2,1-5H3;5-9H,1-4H3;2,4H2,1H3/i/hD2. The summed E-state index contributed by atoms with van der Waals surface area (Å²) in [5.41, 5.74) is 11.8. The van der Waals surface area contributed by atoms with Crippen LogP contribution in [0.3, 0.4) is 0 Å². The summed E-state index contributed by atoms with van der Waals surface area (Å²) in [5, 5.41) is 10.3. The smallest absolute Gasteiger partial charge is 0.325 e. The first kappa shape index (κ1) is 39.7. The number of halogens is 1. The fraction of sp³-hybridized carbons (Fsp3) is 0.300. The molecule has 294 valence electrons. The molecule has 0 aliphatic carbocycles. The van der Waals surface area contributed by atoms with Gasteiger partial charge in [0, 0.05) is 73.0 Å². The van der Waals surface area contributed by atoms with Gasteiger partial charge in [-0.05, 0) is 82.1 Å². The minimum absolute atomic E-state index is 0.00926. The van der Waals surface area contributed by atoms with E-state index >= 15 is 0 Å². The van der Waals surface area contributed by atoms with Crippen LogP contribution in [0.1, 0.15) is 50.4 Å². The lowest BCUT2D eigenvalue weighted by atomic mass is 10.1. The summed E-state index contributed by atoms with van der Waals surface area (Å²) in [6.45, 7) is 9.18. The van der Waals surface area contributed by atoms with E-state index in [2.05, 4.69) is 46.9 Å². The number of methoxy groups -OCH3 is 1.